The molecule has 1 aliphatic rings. The van der Waals surface area contributed by atoms with Crippen molar-refractivity contribution in [1.82, 2.24) is 15.2 Å². The van der Waals surface area contributed by atoms with Crippen LogP contribution in [0.1, 0.15) is 35.2 Å². The lowest BCUT2D eigenvalue weighted by Gasteiger charge is -2.26. The molecular weight excluding hydrogens is 382 g/mol. The first-order valence-electron chi connectivity index (χ1n) is 10.2. The number of hydrogen-bond acceptors (Lipinski definition) is 6. The minimum atomic E-state index is -0.190. The maximum absolute atomic E-state index is 13.0. The SMILES string of the molecule is CNC(=O)c1c(-c2ccnc(OC)c2)oc2cc(OC)cc(CN3CCCCC3)c12. The van der Waals surface area contributed by atoms with E-state index in [2.05, 4.69) is 15.2 Å². The Morgan fingerprint density at radius 1 is 1.17 bits per heavy atom. The van der Waals surface area contributed by atoms with Gasteiger partial charge in [0.2, 0.25) is 5.88 Å². The number of furan rings is 1. The summed E-state index contributed by atoms with van der Waals surface area (Å²) in [5, 5.41) is 3.59. The predicted molar refractivity (Wildman–Crippen MR) is 115 cm³/mol. The molecule has 3 aromatic rings. The van der Waals surface area contributed by atoms with E-state index in [1.54, 1.807) is 33.5 Å². The Kier molecular flexibility index (Phi) is 5.90. The Bertz CT molecular complexity index is 1050. The van der Waals surface area contributed by atoms with Gasteiger partial charge in [0.15, 0.2) is 0 Å². The van der Waals surface area contributed by atoms with Crippen LogP contribution in [0.25, 0.3) is 22.3 Å². The molecule has 1 N–H and O–H groups in total. The first kappa shape index (κ1) is 20.2. The van der Waals surface area contributed by atoms with Gasteiger partial charge in [-0.2, -0.15) is 0 Å². The molecule has 7 nitrogen and oxygen atoms in total. The van der Waals surface area contributed by atoms with Gasteiger partial charge in [0.1, 0.15) is 17.1 Å². The van der Waals surface area contributed by atoms with E-state index in [4.69, 9.17) is 13.9 Å². The Labute approximate surface area is 176 Å². The van der Waals surface area contributed by atoms with Crippen molar-refractivity contribution in [2.45, 2.75) is 25.8 Å². The molecule has 1 aromatic carbocycles. The number of rotatable bonds is 6. The summed E-state index contributed by atoms with van der Waals surface area (Å²) in [5.41, 5.74) is 2.92. The smallest absolute Gasteiger partial charge is 0.255 e. The van der Waals surface area contributed by atoms with Gasteiger partial charge in [-0.1, -0.05) is 6.42 Å². The van der Waals surface area contributed by atoms with E-state index in [1.165, 1.54) is 19.3 Å². The maximum Gasteiger partial charge on any atom is 0.255 e. The molecule has 0 unspecified atom stereocenters. The summed E-state index contributed by atoms with van der Waals surface area (Å²) in [6, 6.07) is 7.43. The van der Waals surface area contributed by atoms with E-state index in [1.807, 2.05) is 18.2 Å². The number of amides is 1. The zero-order valence-electron chi connectivity index (χ0n) is 17.7. The summed E-state index contributed by atoms with van der Waals surface area (Å²) in [7, 11) is 4.83. The Balaban J connectivity index is 1.92. The van der Waals surface area contributed by atoms with Crippen LogP contribution in [-0.2, 0) is 6.54 Å². The number of likely N-dealkylation sites (tertiary alicyclic amines) is 1. The molecule has 7 heteroatoms. The first-order valence-corrected chi connectivity index (χ1v) is 10.2. The Morgan fingerprint density at radius 2 is 1.97 bits per heavy atom. The maximum atomic E-state index is 13.0. The van der Waals surface area contributed by atoms with E-state index < -0.39 is 0 Å². The van der Waals surface area contributed by atoms with Crippen LogP contribution in [-0.4, -0.2) is 50.1 Å². The van der Waals surface area contributed by atoms with Crippen LogP contribution in [0, 0.1) is 0 Å². The highest BCUT2D eigenvalue weighted by molar-refractivity contribution is 6.12. The lowest BCUT2D eigenvalue weighted by atomic mass is 10.00. The van der Waals surface area contributed by atoms with Crippen molar-refractivity contribution in [2.75, 3.05) is 34.4 Å². The molecule has 2 aromatic heterocycles. The quantitative estimate of drug-likeness (QED) is 0.666. The van der Waals surface area contributed by atoms with E-state index in [-0.39, 0.29) is 5.91 Å². The summed E-state index contributed by atoms with van der Waals surface area (Å²) in [5.74, 6) is 1.48. The molecule has 4 rings (SSSR count). The van der Waals surface area contributed by atoms with Crippen LogP contribution in [0.3, 0.4) is 0 Å². The van der Waals surface area contributed by atoms with Crippen molar-refractivity contribution in [3.8, 4) is 23.0 Å². The van der Waals surface area contributed by atoms with E-state index in [9.17, 15) is 4.79 Å². The second-order valence-corrected chi connectivity index (χ2v) is 7.47. The molecule has 0 aliphatic carbocycles. The molecule has 0 atom stereocenters. The second kappa shape index (κ2) is 8.75. The molecule has 0 saturated carbocycles. The molecule has 0 spiro atoms. The summed E-state index contributed by atoms with van der Waals surface area (Å²) in [4.78, 5) is 19.6. The van der Waals surface area contributed by atoms with Gasteiger partial charge in [-0.05, 0) is 43.6 Å². The fraction of sp³-hybridized carbons (Fsp3) is 0.391. The fourth-order valence-corrected chi connectivity index (χ4v) is 4.09. The van der Waals surface area contributed by atoms with Crippen molar-refractivity contribution in [3.63, 3.8) is 0 Å². The van der Waals surface area contributed by atoms with Crippen LogP contribution >= 0.6 is 0 Å². The number of fused-ring (bicyclic) bond motifs is 1. The van der Waals surface area contributed by atoms with Gasteiger partial charge in [0.05, 0.1) is 19.8 Å². The first-order chi connectivity index (χ1) is 14.6. The molecular formula is C23H27N3O4. The van der Waals surface area contributed by atoms with E-state index >= 15 is 0 Å². The molecule has 1 saturated heterocycles. The Morgan fingerprint density at radius 3 is 2.67 bits per heavy atom. The zero-order chi connectivity index (χ0) is 21.1. The number of piperidine rings is 1. The minimum absolute atomic E-state index is 0.190. The minimum Gasteiger partial charge on any atom is -0.497 e. The van der Waals surface area contributed by atoms with E-state index in [0.717, 1.165) is 36.1 Å². The van der Waals surface area contributed by atoms with Gasteiger partial charge in [0.25, 0.3) is 5.91 Å². The number of pyridine rings is 1. The van der Waals surface area contributed by atoms with Gasteiger partial charge in [-0.15, -0.1) is 0 Å². The monoisotopic (exact) mass is 409 g/mol. The van der Waals surface area contributed by atoms with Gasteiger partial charge in [-0.3, -0.25) is 9.69 Å². The Hall–Kier alpha value is -3.06. The van der Waals surface area contributed by atoms with Crippen molar-refractivity contribution >= 4 is 16.9 Å². The van der Waals surface area contributed by atoms with Crippen molar-refractivity contribution < 1.29 is 18.7 Å². The van der Waals surface area contributed by atoms with Gasteiger partial charge in [-0.25, -0.2) is 4.98 Å². The van der Waals surface area contributed by atoms with Crippen molar-refractivity contribution in [3.05, 3.63) is 41.6 Å². The topological polar surface area (TPSA) is 76.8 Å². The van der Waals surface area contributed by atoms with Crippen LogP contribution in [0.2, 0.25) is 0 Å². The highest BCUT2D eigenvalue weighted by Crippen LogP contribution is 2.39. The molecule has 1 fully saturated rings. The number of hydrogen-bond donors (Lipinski definition) is 1. The van der Waals surface area contributed by atoms with Crippen molar-refractivity contribution in [1.29, 1.82) is 0 Å². The lowest BCUT2D eigenvalue weighted by molar-refractivity contribution is 0.0964. The number of carbonyl (C=O) groups excluding carboxylic acids is 1. The molecule has 0 radical (unpaired) electrons. The lowest BCUT2D eigenvalue weighted by Crippen LogP contribution is -2.29. The fourth-order valence-electron chi connectivity index (χ4n) is 4.09. The van der Waals surface area contributed by atoms with Crippen molar-refractivity contribution in [2.24, 2.45) is 0 Å². The summed E-state index contributed by atoms with van der Waals surface area (Å²) >= 11 is 0. The second-order valence-electron chi connectivity index (χ2n) is 7.47. The number of carbonyl (C=O) groups is 1. The number of benzene rings is 1. The largest absolute Gasteiger partial charge is 0.497 e. The molecule has 0 bridgehead atoms. The highest BCUT2D eigenvalue weighted by Gasteiger charge is 2.26. The summed E-state index contributed by atoms with van der Waals surface area (Å²) in [6.07, 6.45) is 5.31. The third-order valence-corrected chi connectivity index (χ3v) is 5.59. The third kappa shape index (κ3) is 3.85. The van der Waals surface area contributed by atoms with Crippen LogP contribution in [0.4, 0.5) is 0 Å². The number of methoxy groups -OCH3 is 2. The van der Waals surface area contributed by atoms with Crippen LogP contribution in [0.5, 0.6) is 11.6 Å². The standard InChI is InChI=1S/C23H27N3O4/c1-24-23(27)21-20-16(14-26-9-5-4-6-10-26)11-17(28-2)13-18(20)30-22(21)15-7-8-25-19(12-15)29-3/h7-8,11-13H,4-6,9-10,14H2,1-3H3,(H,24,27). The third-order valence-electron chi connectivity index (χ3n) is 5.59. The number of aromatic nitrogens is 1. The number of nitrogens with zero attached hydrogens (tertiary/aromatic N) is 2. The van der Waals surface area contributed by atoms with Crippen LogP contribution in [0.15, 0.2) is 34.9 Å². The number of ether oxygens (including phenoxy) is 2. The molecule has 1 aliphatic heterocycles. The van der Waals surface area contributed by atoms with Crippen LogP contribution < -0.4 is 14.8 Å². The van der Waals surface area contributed by atoms with Gasteiger partial charge < -0.3 is 19.2 Å². The zero-order valence-corrected chi connectivity index (χ0v) is 17.7. The normalized spacial score (nSPS) is 14.6. The molecule has 1 amide bonds. The molecule has 158 valence electrons. The summed E-state index contributed by atoms with van der Waals surface area (Å²) in [6.45, 7) is 2.86. The average Bonchev–Trinajstić information content (AvgIpc) is 3.19. The average molecular weight is 409 g/mol. The highest BCUT2D eigenvalue weighted by atomic mass is 16.5. The summed E-state index contributed by atoms with van der Waals surface area (Å²) < 4.78 is 17.0. The van der Waals surface area contributed by atoms with Gasteiger partial charge >= 0.3 is 0 Å². The van der Waals surface area contributed by atoms with E-state index in [0.29, 0.717) is 28.5 Å². The predicted octanol–water partition coefficient (Wildman–Crippen LogP) is 3.86. The molecule has 3 heterocycles. The van der Waals surface area contributed by atoms with Gasteiger partial charge in [0, 0.05) is 42.9 Å². The molecule has 30 heavy (non-hydrogen) atoms. The number of nitrogens with one attached hydrogen (secondary N) is 1.